The molecular formula is CH2F3O4SZn-. The first-order valence-corrected chi connectivity index (χ1v) is 2.68. The van der Waals surface area contributed by atoms with Gasteiger partial charge in [-0.15, -0.1) is 0 Å². The predicted octanol–water partition coefficient (Wildman–Crippen LogP) is -0.776. The summed E-state index contributed by atoms with van der Waals surface area (Å²) in [6, 6.07) is 0. The molecule has 10 heavy (non-hydrogen) atoms. The molecule has 0 aliphatic carbocycles. The monoisotopic (exact) mass is 231 g/mol. The quantitative estimate of drug-likeness (QED) is 0.312. The molecule has 0 aromatic carbocycles. The molecule has 0 heterocycles. The fraction of sp³-hybridized carbons (Fsp3) is 1.00. The third-order valence-electron chi connectivity index (χ3n) is 0.283. The SMILES string of the molecule is O.O=S(=O)([O-])C(F)(F)F.[Zn]. The summed E-state index contributed by atoms with van der Waals surface area (Å²) in [5.74, 6) is 0. The Hall–Kier alpha value is 0.283. The molecule has 0 rings (SSSR count). The molecule has 0 unspecified atom stereocenters. The van der Waals surface area contributed by atoms with Gasteiger partial charge < -0.3 is 10.0 Å². The van der Waals surface area contributed by atoms with Crippen molar-refractivity contribution in [2.45, 2.75) is 5.51 Å². The maximum absolute atomic E-state index is 10.7. The fourth-order valence-electron chi connectivity index (χ4n) is 0. The molecule has 0 saturated carbocycles. The van der Waals surface area contributed by atoms with Crippen LogP contribution in [0.2, 0.25) is 0 Å². The molecule has 0 aromatic rings. The second kappa shape index (κ2) is 4.22. The maximum atomic E-state index is 10.7. The number of alkyl halides is 3. The molecule has 0 radical (unpaired) electrons. The van der Waals surface area contributed by atoms with Gasteiger partial charge in [-0.25, -0.2) is 8.42 Å². The molecule has 0 aromatic heterocycles. The van der Waals surface area contributed by atoms with Gasteiger partial charge in [0, 0.05) is 19.5 Å². The van der Waals surface area contributed by atoms with Gasteiger partial charge in [-0.05, 0) is 0 Å². The van der Waals surface area contributed by atoms with E-state index in [0.717, 1.165) is 0 Å². The zero-order valence-electron chi connectivity index (χ0n) is 4.47. The zero-order valence-corrected chi connectivity index (χ0v) is 8.26. The van der Waals surface area contributed by atoms with Gasteiger partial charge in [-0.3, -0.25) is 0 Å². The minimum atomic E-state index is -6.09. The summed E-state index contributed by atoms with van der Waals surface area (Å²) < 4.78 is 58.9. The Morgan fingerprint density at radius 2 is 1.30 bits per heavy atom. The van der Waals surface area contributed by atoms with Crippen molar-refractivity contribution in [1.82, 2.24) is 0 Å². The van der Waals surface area contributed by atoms with E-state index in [9.17, 15) is 13.2 Å². The first kappa shape index (κ1) is 16.7. The minimum Gasteiger partial charge on any atom is -0.741 e. The standard InChI is InChI=1S/CHF3O3S.H2O.Zn/c2-1(3,4)8(5,6)7;;/h(H,5,6,7);1H2;/p-1. The summed E-state index contributed by atoms with van der Waals surface area (Å²) in [4.78, 5) is 0. The molecule has 9 heteroatoms. The van der Waals surface area contributed by atoms with Crippen LogP contribution in [0.15, 0.2) is 0 Å². The Bertz CT molecular complexity index is 169. The summed E-state index contributed by atoms with van der Waals surface area (Å²) in [5.41, 5.74) is -5.65. The van der Waals surface area contributed by atoms with E-state index in [0.29, 0.717) is 0 Å². The van der Waals surface area contributed by atoms with Gasteiger partial charge in [0.1, 0.15) is 0 Å². The van der Waals surface area contributed by atoms with Crippen molar-refractivity contribution in [3.05, 3.63) is 0 Å². The second-order valence-corrected chi connectivity index (χ2v) is 2.27. The van der Waals surface area contributed by atoms with Crippen molar-refractivity contribution in [3.8, 4) is 0 Å². The van der Waals surface area contributed by atoms with Crippen LogP contribution in [-0.2, 0) is 29.6 Å². The number of hydrogen-bond donors (Lipinski definition) is 0. The average Bonchev–Trinajstić information content (AvgIpc) is 1.25. The van der Waals surface area contributed by atoms with Gasteiger partial charge in [0.05, 0.1) is 0 Å². The van der Waals surface area contributed by atoms with E-state index in [-0.39, 0.29) is 25.0 Å². The van der Waals surface area contributed by atoms with Crippen LogP contribution in [0.3, 0.4) is 0 Å². The van der Waals surface area contributed by atoms with Gasteiger partial charge in [-0.2, -0.15) is 13.2 Å². The predicted molar refractivity (Wildman–Crippen MR) is 19.4 cm³/mol. The van der Waals surface area contributed by atoms with Crippen molar-refractivity contribution in [2.24, 2.45) is 0 Å². The van der Waals surface area contributed by atoms with E-state index in [1.807, 2.05) is 0 Å². The number of halogens is 3. The topological polar surface area (TPSA) is 88.7 Å². The fourth-order valence-corrected chi connectivity index (χ4v) is 0. The summed E-state index contributed by atoms with van der Waals surface area (Å²) in [5, 5.41) is 0. The normalized spacial score (nSPS) is 11.2. The molecule has 0 aliphatic heterocycles. The summed E-state index contributed by atoms with van der Waals surface area (Å²) in [7, 11) is -6.09. The van der Waals surface area contributed by atoms with Gasteiger partial charge in [0.2, 0.25) is 0 Å². The summed E-state index contributed by atoms with van der Waals surface area (Å²) in [6.45, 7) is 0. The van der Waals surface area contributed by atoms with E-state index in [2.05, 4.69) is 0 Å². The molecule has 0 spiro atoms. The molecule has 0 fully saturated rings. The average molecular weight is 232 g/mol. The molecule has 0 saturated heterocycles. The van der Waals surface area contributed by atoms with Gasteiger partial charge in [-0.1, -0.05) is 0 Å². The third-order valence-corrected chi connectivity index (χ3v) is 0.850. The van der Waals surface area contributed by atoms with E-state index >= 15 is 0 Å². The molecule has 60 valence electrons. The molecule has 4 nitrogen and oxygen atoms in total. The van der Waals surface area contributed by atoms with Crippen molar-refractivity contribution >= 4 is 10.1 Å². The van der Waals surface area contributed by atoms with Crippen molar-refractivity contribution < 1.29 is 51.1 Å². The molecule has 0 aliphatic rings. The molecule has 2 N–H and O–H groups in total. The Balaban J connectivity index is -0.000000245. The smallest absolute Gasteiger partial charge is 0.485 e. The Morgan fingerprint density at radius 3 is 1.30 bits per heavy atom. The van der Waals surface area contributed by atoms with Crippen LogP contribution in [0.25, 0.3) is 0 Å². The van der Waals surface area contributed by atoms with Crippen molar-refractivity contribution in [2.75, 3.05) is 0 Å². The van der Waals surface area contributed by atoms with E-state index < -0.39 is 15.6 Å². The molecule has 0 amide bonds. The first-order chi connectivity index (χ1) is 3.25. The molecular weight excluding hydrogens is 230 g/mol. The molecule has 0 bridgehead atoms. The maximum Gasteiger partial charge on any atom is 0.485 e. The zero-order chi connectivity index (χ0) is 7.00. The largest absolute Gasteiger partial charge is 0.741 e. The van der Waals surface area contributed by atoms with E-state index in [4.69, 9.17) is 13.0 Å². The summed E-state index contributed by atoms with van der Waals surface area (Å²) in [6.07, 6.45) is 0. The third kappa shape index (κ3) is 5.10. The summed E-state index contributed by atoms with van der Waals surface area (Å²) >= 11 is 0. The van der Waals surface area contributed by atoms with Crippen molar-refractivity contribution in [1.29, 1.82) is 0 Å². The van der Waals surface area contributed by atoms with E-state index in [1.165, 1.54) is 0 Å². The Labute approximate surface area is 67.2 Å². The molecule has 0 atom stereocenters. The van der Waals surface area contributed by atoms with Crippen LogP contribution in [0.4, 0.5) is 13.2 Å². The van der Waals surface area contributed by atoms with Gasteiger partial charge in [0.25, 0.3) is 0 Å². The number of rotatable bonds is 0. The Kier molecular flexibility index (Phi) is 7.05. The van der Waals surface area contributed by atoms with Crippen LogP contribution in [0, 0.1) is 0 Å². The van der Waals surface area contributed by atoms with Gasteiger partial charge >= 0.3 is 5.51 Å². The number of hydrogen-bond acceptors (Lipinski definition) is 3. The van der Waals surface area contributed by atoms with Crippen LogP contribution in [0.1, 0.15) is 0 Å². The van der Waals surface area contributed by atoms with Crippen LogP contribution < -0.4 is 0 Å². The van der Waals surface area contributed by atoms with Crippen LogP contribution in [0.5, 0.6) is 0 Å². The van der Waals surface area contributed by atoms with Crippen LogP contribution >= 0.6 is 0 Å². The van der Waals surface area contributed by atoms with Crippen LogP contribution in [-0.4, -0.2) is 24.0 Å². The van der Waals surface area contributed by atoms with E-state index in [1.54, 1.807) is 0 Å². The Morgan fingerprint density at radius 1 is 1.20 bits per heavy atom. The van der Waals surface area contributed by atoms with Crippen molar-refractivity contribution in [3.63, 3.8) is 0 Å². The minimum absolute atomic E-state index is 0. The second-order valence-electron chi connectivity index (χ2n) is 0.900. The van der Waals surface area contributed by atoms with Gasteiger partial charge in [0.15, 0.2) is 10.1 Å². The first-order valence-electron chi connectivity index (χ1n) is 1.27.